The molecule has 0 aliphatic rings. The Balaban J connectivity index is 2.57. The predicted octanol–water partition coefficient (Wildman–Crippen LogP) is 2.00. The molecule has 13 heavy (non-hydrogen) atoms. The topological polar surface area (TPSA) is 41.1 Å². The van der Waals surface area contributed by atoms with Crippen LogP contribution in [0.4, 0.5) is 0 Å². The summed E-state index contributed by atoms with van der Waals surface area (Å²) in [5, 5.41) is 8.50. The Kier molecular flexibility index (Phi) is 2.19. The van der Waals surface area contributed by atoms with Crippen molar-refractivity contribution < 1.29 is 0 Å². The molecule has 2 aromatic heterocycles. The van der Waals surface area contributed by atoms with E-state index in [9.17, 15) is 0 Å². The van der Waals surface area contributed by atoms with E-state index in [4.69, 9.17) is 5.26 Å². The highest BCUT2D eigenvalue weighted by Crippen LogP contribution is 2.09. The molecule has 0 fully saturated rings. The Morgan fingerprint density at radius 3 is 3.08 bits per heavy atom. The number of hydrogen-bond donors (Lipinski definition) is 0. The van der Waals surface area contributed by atoms with Gasteiger partial charge in [-0.15, -0.1) is 0 Å². The molecule has 0 radical (unpaired) electrons. The lowest BCUT2D eigenvalue weighted by atomic mass is 10.4. The van der Waals surface area contributed by atoms with Crippen molar-refractivity contribution >= 4 is 28.2 Å². The van der Waals surface area contributed by atoms with Crippen LogP contribution in [0.5, 0.6) is 0 Å². The molecule has 4 heteroatoms. The largest absolute Gasteiger partial charge is 0.306 e. The third-order valence-corrected chi connectivity index (χ3v) is 2.36. The fraction of sp³-hybridized carbons (Fsp3) is 0.111. The van der Waals surface area contributed by atoms with Gasteiger partial charge in [0, 0.05) is 16.0 Å². The Bertz CT molecular complexity index is 481. The maximum Gasteiger partial charge on any atom is 0.137 e. The van der Waals surface area contributed by atoms with Crippen molar-refractivity contribution in [1.82, 2.24) is 9.38 Å². The second kappa shape index (κ2) is 3.34. The highest BCUT2D eigenvalue weighted by molar-refractivity contribution is 14.1. The van der Waals surface area contributed by atoms with Gasteiger partial charge in [0.2, 0.25) is 0 Å². The SMILES string of the molecule is N#CCc1cn2cc(I)ccc2n1. The maximum atomic E-state index is 8.50. The van der Waals surface area contributed by atoms with Gasteiger partial charge in [-0.2, -0.15) is 5.26 Å². The molecule has 0 aliphatic heterocycles. The first kappa shape index (κ1) is 8.51. The normalized spacial score (nSPS) is 10.2. The summed E-state index contributed by atoms with van der Waals surface area (Å²) in [6.45, 7) is 0. The number of rotatable bonds is 1. The third kappa shape index (κ3) is 1.65. The van der Waals surface area contributed by atoms with E-state index in [1.165, 1.54) is 0 Å². The van der Waals surface area contributed by atoms with Gasteiger partial charge < -0.3 is 4.40 Å². The number of imidazole rings is 1. The van der Waals surface area contributed by atoms with E-state index in [1.54, 1.807) is 0 Å². The van der Waals surface area contributed by atoms with Gasteiger partial charge in [-0.3, -0.25) is 0 Å². The molecule has 0 saturated carbocycles. The first-order chi connectivity index (χ1) is 6.29. The molecular formula is C9H6IN3. The molecule has 0 amide bonds. The standard InChI is InChI=1S/C9H6IN3/c10-7-1-2-9-12-8(3-4-11)6-13(9)5-7/h1-2,5-6H,3H2. The number of fused-ring (bicyclic) bond motifs is 1. The molecule has 0 saturated heterocycles. The van der Waals surface area contributed by atoms with E-state index in [0.717, 1.165) is 14.9 Å². The Labute approximate surface area is 89.2 Å². The molecule has 64 valence electrons. The van der Waals surface area contributed by atoms with Crippen molar-refractivity contribution in [3.63, 3.8) is 0 Å². The summed E-state index contributed by atoms with van der Waals surface area (Å²) in [6.07, 6.45) is 4.25. The van der Waals surface area contributed by atoms with Gasteiger partial charge in [0.1, 0.15) is 5.65 Å². The zero-order valence-corrected chi connectivity index (χ0v) is 8.89. The first-order valence-electron chi connectivity index (χ1n) is 3.79. The molecule has 2 aromatic rings. The maximum absolute atomic E-state index is 8.50. The summed E-state index contributed by atoms with van der Waals surface area (Å²) in [4.78, 5) is 4.28. The van der Waals surface area contributed by atoms with Crippen LogP contribution in [-0.4, -0.2) is 9.38 Å². The van der Waals surface area contributed by atoms with Crippen LogP contribution in [-0.2, 0) is 6.42 Å². The lowest BCUT2D eigenvalue weighted by Gasteiger charge is -1.91. The number of pyridine rings is 1. The fourth-order valence-electron chi connectivity index (χ4n) is 1.18. The smallest absolute Gasteiger partial charge is 0.137 e. The molecule has 2 rings (SSSR count). The summed E-state index contributed by atoms with van der Waals surface area (Å²) < 4.78 is 3.10. The molecule has 0 aliphatic carbocycles. The van der Waals surface area contributed by atoms with Crippen molar-refractivity contribution in [1.29, 1.82) is 5.26 Å². The van der Waals surface area contributed by atoms with Crippen LogP contribution in [0.2, 0.25) is 0 Å². The van der Waals surface area contributed by atoms with Gasteiger partial charge in [0.05, 0.1) is 18.2 Å². The van der Waals surface area contributed by atoms with Crippen molar-refractivity contribution in [2.75, 3.05) is 0 Å². The molecule has 2 heterocycles. The Morgan fingerprint density at radius 1 is 1.46 bits per heavy atom. The van der Waals surface area contributed by atoms with Crippen LogP contribution < -0.4 is 0 Å². The minimum absolute atomic E-state index is 0.373. The third-order valence-electron chi connectivity index (χ3n) is 1.73. The van der Waals surface area contributed by atoms with E-state index in [1.807, 2.05) is 28.9 Å². The molecule has 0 spiro atoms. The van der Waals surface area contributed by atoms with Crippen LogP contribution in [0, 0.1) is 14.9 Å². The number of halogens is 1. The number of aromatic nitrogens is 2. The molecule has 0 aromatic carbocycles. The predicted molar refractivity (Wildman–Crippen MR) is 57.2 cm³/mol. The summed E-state index contributed by atoms with van der Waals surface area (Å²) >= 11 is 2.24. The molecular weight excluding hydrogens is 277 g/mol. The summed E-state index contributed by atoms with van der Waals surface area (Å²) in [6, 6.07) is 6.03. The van der Waals surface area contributed by atoms with Crippen LogP contribution in [0.25, 0.3) is 5.65 Å². The Morgan fingerprint density at radius 2 is 2.31 bits per heavy atom. The highest BCUT2D eigenvalue weighted by Gasteiger charge is 2.00. The Hall–Kier alpha value is -1.09. The second-order valence-electron chi connectivity index (χ2n) is 2.68. The van der Waals surface area contributed by atoms with Crippen LogP contribution in [0.3, 0.4) is 0 Å². The quantitative estimate of drug-likeness (QED) is 0.751. The monoisotopic (exact) mass is 283 g/mol. The average molecular weight is 283 g/mol. The van der Waals surface area contributed by atoms with E-state index < -0.39 is 0 Å². The fourth-order valence-corrected chi connectivity index (χ4v) is 1.66. The van der Waals surface area contributed by atoms with Gasteiger partial charge in [-0.1, -0.05) is 0 Å². The van der Waals surface area contributed by atoms with E-state index in [0.29, 0.717) is 6.42 Å². The lowest BCUT2D eigenvalue weighted by Crippen LogP contribution is -1.82. The van der Waals surface area contributed by atoms with Gasteiger partial charge in [-0.25, -0.2) is 4.98 Å². The van der Waals surface area contributed by atoms with Crippen molar-refractivity contribution in [2.45, 2.75) is 6.42 Å². The molecule has 0 N–H and O–H groups in total. The highest BCUT2D eigenvalue weighted by atomic mass is 127. The van der Waals surface area contributed by atoms with Crippen LogP contribution >= 0.6 is 22.6 Å². The van der Waals surface area contributed by atoms with Gasteiger partial charge in [0.25, 0.3) is 0 Å². The molecule has 0 unspecified atom stereocenters. The first-order valence-corrected chi connectivity index (χ1v) is 4.87. The van der Waals surface area contributed by atoms with Crippen molar-refractivity contribution in [3.8, 4) is 6.07 Å². The summed E-state index contributed by atoms with van der Waals surface area (Å²) in [5.74, 6) is 0. The number of nitrogens with zero attached hydrogens (tertiary/aromatic N) is 3. The van der Waals surface area contributed by atoms with Gasteiger partial charge in [-0.05, 0) is 34.7 Å². The molecule has 0 atom stereocenters. The van der Waals surface area contributed by atoms with Gasteiger partial charge in [0.15, 0.2) is 0 Å². The minimum Gasteiger partial charge on any atom is -0.306 e. The van der Waals surface area contributed by atoms with E-state index >= 15 is 0 Å². The van der Waals surface area contributed by atoms with Crippen LogP contribution in [0.1, 0.15) is 5.69 Å². The zero-order valence-electron chi connectivity index (χ0n) is 6.74. The van der Waals surface area contributed by atoms with Crippen molar-refractivity contribution in [3.05, 3.63) is 33.8 Å². The van der Waals surface area contributed by atoms with Crippen LogP contribution in [0.15, 0.2) is 24.5 Å². The summed E-state index contributed by atoms with van der Waals surface area (Å²) in [5.41, 5.74) is 1.72. The second-order valence-corrected chi connectivity index (χ2v) is 3.93. The molecule has 0 bridgehead atoms. The van der Waals surface area contributed by atoms with Crippen molar-refractivity contribution in [2.24, 2.45) is 0 Å². The molecule has 3 nitrogen and oxygen atoms in total. The van der Waals surface area contributed by atoms with E-state index in [2.05, 4.69) is 33.6 Å². The van der Waals surface area contributed by atoms with Gasteiger partial charge >= 0.3 is 0 Å². The number of nitriles is 1. The van der Waals surface area contributed by atoms with E-state index in [-0.39, 0.29) is 0 Å². The summed E-state index contributed by atoms with van der Waals surface area (Å²) in [7, 11) is 0. The number of hydrogen-bond acceptors (Lipinski definition) is 2. The zero-order chi connectivity index (χ0) is 9.26. The lowest BCUT2D eigenvalue weighted by molar-refractivity contribution is 1.15. The average Bonchev–Trinajstić information content (AvgIpc) is 2.46. The minimum atomic E-state index is 0.373.